The third-order valence-electron chi connectivity index (χ3n) is 6.37. The van der Waals surface area contributed by atoms with E-state index in [0.717, 1.165) is 62.0 Å². The van der Waals surface area contributed by atoms with Crippen LogP contribution in [0.1, 0.15) is 87.7 Å². The maximum atomic E-state index is 14.2. The van der Waals surface area contributed by atoms with Crippen molar-refractivity contribution in [3.8, 4) is 0 Å². The predicted molar refractivity (Wildman–Crippen MR) is 122 cm³/mol. The second-order valence-corrected chi connectivity index (χ2v) is 8.95. The summed E-state index contributed by atoms with van der Waals surface area (Å²) in [6.45, 7) is 2.67. The lowest BCUT2D eigenvalue weighted by Gasteiger charge is -2.28. The number of aryl methyl sites for hydroxylation is 1. The topological polar surface area (TPSA) is 75.0 Å². The maximum absolute atomic E-state index is 14.2. The molecule has 1 aliphatic carbocycles. The Labute approximate surface area is 195 Å². The van der Waals surface area contributed by atoms with Gasteiger partial charge < -0.3 is 18.6 Å². The summed E-state index contributed by atoms with van der Waals surface area (Å²) in [4.78, 5) is 23.6. The van der Waals surface area contributed by atoms with E-state index in [0.29, 0.717) is 25.9 Å². The molecule has 184 valence electrons. The maximum Gasteiger partial charge on any atom is 0.305 e. The molecule has 2 aliphatic rings. The monoisotopic (exact) mass is 464 g/mol. The van der Waals surface area contributed by atoms with Gasteiger partial charge in [0.25, 0.3) is 0 Å². The number of esters is 1. The lowest BCUT2D eigenvalue weighted by molar-refractivity contribution is -0.188. The van der Waals surface area contributed by atoms with E-state index in [4.69, 9.17) is 13.9 Å². The van der Waals surface area contributed by atoms with E-state index in [1.54, 1.807) is 6.08 Å². The van der Waals surface area contributed by atoms with Crippen LogP contribution in [0.3, 0.4) is 0 Å². The smallest absolute Gasteiger partial charge is 0.305 e. The number of methoxy groups -OCH3 is 1. The number of halogens is 1. The Kier molecular flexibility index (Phi) is 10.1. The molecule has 33 heavy (non-hydrogen) atoms. The van der Waals surface area contributed by atoms with Crippen LogP contribution in [0.25, 0.3) is 0 Å². The van der Waals surface area contributed by atoms with Crippen LogP contribution in [-0.2, 0) is 36.6 Å². The van der Waals surface area contributed by atoms with Crippen molar-refractivity contribution in [3.63, 3.8) is 0 Å². The molecule has 0 N–H and O–H groups in total. The number of allylic oxidation sites excluding steroid dienone is 1. The molecule has 1 saturated heterocycles. The predicted octanol–water partition coefficient (Wildman–Crippen LogP) is 5.37. The standard InChI is InChI=1S/C26H37FO6/c1-3-4-10-21(27)22(28)14-13-19-20-16-18(9-5-6-11-25(29)30-2)32-24(20)17-23(19)33-26-12-7-8-15-31-26/h13-14,16,19,21,23,26H,3-12,15,17H2,1-2H3/b14-13+/t19-,21?,23?,26?/m1/s1. The van der Waals surface area contributed by atoms with Crippen molar-refractivity contribution in [1.82, 2.24) is 0 Å². The molecule has 3 unspecified atom stereocenters. The Morgan fingerprint density at radius 3 is 2.85 bits per heavy atom. The summed E-state index contributed by atoms with van der Waals surface area (Å²) in [5.74, 6) is 0.829. The van der Waals surface area contributed by atoms with E-state index in [-0.39, 0.29) is 30.7 Å². The van der Waals surface area contributed by atoms with Gasteiger partial charge in [0.1, 0.15) is 11.5 Å². The van der Waals surface area contributed by atoms with Gasteiger partial charge in [0.15, 0.2) is 18.2 Å². The number of carbonyl (C=O) groups is 2. The fourth-order valence-electron chi connectivity index (χ4n) is 4.45. The highest BCUT2D eigenvalue weighted by Gasteiger charge is 2.37. The summed E-state index contributed by atoms with van der Waals surface area (Å²) < 4.78 is 36.9. The average molecular weight is 465 g/mol. The first-order valence-corrected chi connectivity index (χ1v) is 12.3. The molecule has 2 heterocycles. The Morgan fingerprint density at radius 1 is 1.27 bits per heavy atom. The molecule has 0 amide bonds. The molecule has 1 aromatic heterocycles. The van der Waals surface area contributed by atoms with Crippen LogP contribution in [0.2, 0.25) is 0 Å². The van der Waals surface area contributed by atoms with Gasteiger partial charge in [0.05, 0.1) is 13.2 Å². The van der Waals surface area contributed by atoms with Crippen LogP contribution in [0.4, 0.5) is 4.39 Å². The Hall–Kier alpha value is -1.99. The van der Waals surface area contributed by atoms with Gasteiger partial charge >= 0.3 is 5.97 Å². The summed E-state index contributed by atoms with van der Waals surface area (Å²) in [6, 6.07) is 2.02. The number of hydrogen-bond acceptors (Lipinski definition) is 6. The van der Waals surface area contributed by atoms with Crippen molar-refractivity contribution in [3.05, 3.63) is 35.3 Å². The van der Waals surface area contributed by atoms with E-state index in [1.165, 1.54) is 13.2 Å². The summed E-state index contributed by atoms with van der Waals surface area (Å²) in [6.07, 6.45) is 9.26. The fraction of sp³-hybridized carbons (Fsp3) is 0.692. The van der Waals surface area contributed by atoms with Crippen molar-refractivity contribution < 1.29 is 32.6 Å². The highest BCUT2D eigenvalue weighted by atomic mass is 19.1. The first kappa shape index (κ1) is 25.6. The van der Waals surface area contributed by atoms with Crippen LogP contribution >= 0.6 is 0 Å². The quantitative estimate of drug-likeness (QED) is 0.222. The molecule has 1 aromatic rings. The van der Waals surface area contributed by atoms with Crippen molar-refractivity contribution >= 4 is 11.8 Å². The largest absolute Gasteiger partial charge is 0.469 e. The number of ether oxygens (including phenoxy) is 3. The molecule has 0 radical (unpaired) electrons. The number of ketones is 1. The molecule has 0 saturated carbocycles. The lowest BCUT2D eigenvalue weighted by atomic mass is 9.98. The Morgan fingerprint density at radius 2 is 2.12 bits per heavy atom. The molecule has 0 aromatic carbocycles. The van der Waals surface area contributed by atoms with Crippen molar-refractivity contribution in [2.75, 3.05) is 13.7 Å². The number of alkyl halides is 1. The molecule has 3 rings (SSSR count). The highest BCUT2D eigenvalue weighted by Crippen LogP contribution is 2.40. The minimum atomic E-state index is -1.46. The summed E-state index contributed by atoms with van der Waals surface area (Å²) in [5.41, 5.74) is 0.992. The van der Waals surface area contributed by atoms with E-state index < -0.39 is 12.0 Å². The van der Waals surface area contributed by atoms with Gasteiger partial charge in [-0.2, -0.15) is 0 Å². The molecule has 6 nitrogen and oxygen atoms in total. The van der Waals surface area contributed by atoms with E-state index in [9.17, 15) is 14.0 Å². The number of hydrogen-bond donors (Lipinski definition) is 0. The summed E-state index contributed by atoms with van der Waals surface area (Å²) >= 11 is 0. The third-order valence-corrected chi connectivity index (χ3v) is 6.37. The fourth-order valence-corrected chi connectivity index (χ4v) is 4.45. The zero-order chi connectivity index (χ0) is 23.6. The number of furan rings is 1. The van der Waals surface area contributed by atoms with Gasteiger partial charge in [-0.3, -0.25) is 9.59 Å². The van der Waals surface area contributed by atoms with Crippen LogP contribution in [-0.4, -0.2) is 44.0 Å². The second-order valence-electron chi connectivity index (χ2n) is 8.95. The SMILES string of the molecule is CCCCC(F)C(=O)/C=C/[C@@H]1c2cc(CCCCC(=O)OC)oc2CC1OC1CCCCO1. The molecular weight excluding hydrogens is 427 g/mol. The van der Waals surface area contributed by atoms with E-state index in [1.807, 2.05) is 13.0 Å². The average Bonchev–Trinajstić information content (AvgIpc) is 3.36. The molecule has 7 heteroatoms. The first-order chi connectivity index (χ1) is 16.0. The van der Waals surface area contributed by atoms with Gasteiger partial charge in [0.2, 0.25) is 0 Å². The molecule has 0 bridgehead atoms. The van der Waals surface area contributed by atoms with Gasteiger partial charge in [-0.15, -0.1) is 0 Å². The third kappa shape index (κ3) is 7.51. The highest BCUT2D eigenvalue weighted by molar-refractivity contribution is 5.93. The van der Waals surface area contributed by atoms with Gasteiger partial charge in [-0.05, 0) is 50.7 Å². The van der Waals surface area contributed by atoms with Crippen molar-refractivity contribution in [2.24, 2.45) is 0 Å². The van der Waals surface area contributed by atoms with Gasteiger partial charge in [-0.1, -0.05) is 25.8 Å². The van der Waals surface area contributed by atoms with Gasteiger partial charge in [0, 0.05) is 37.4 Å². The van der Waals surface area contributed by atoms with Gasteiger partial charge in [-0.25, -0.2) is 4.39 Å². The summed E-state index contributed by atoms with van der Waals surface area (Å²) in [7, 11) is 1.39. The van der Waals surface area contributed by atoms with Crippen LogP contribution < -0.4 is 0 Å². The molecular formula is C26H37FO6. The zero-order valence-corrected chi connectivity index (χ0v) is 19.9. The number of rotatable bonds is 13. The number of carbonyl (C=O) groups excluding carboxylic acids is 2. The first-order valence-electron chi connectivity index (χ1n) is 12.3. The van der Waals surface area contributed by atoms with Crippen LogP contribution in [0.15, 0.2) is 22.6 Å². The Bertz CT molecular complexity index is 795. The van der Waals surface area contributed by atoms with Crippen LogP contribution in [0, 0.1) is 0 Å². The lowest BCUT2D eigenvalue weighted by Crippen LogP contribution is -2.30. The minimum absolute atomic E-state index is 0.180. The minimum Gasteiger partial charge on any atom is -0.469 e. The zero-order valence-electron chi connectivity index (χ0n) is 19.9. The Balaban J connectivity index is 1.65. The molecule has 0 spiro atoms. The number of unbranched alkanes of at least 4 members (excludes halogenated alkanes) is 2. The van der Waals surface area contributed by atoms with E-state index in [2.05, 4.69) is 4.74 Å². The molecule has 1 aliphatic heterocycles. The normalized spacial score (nSPS) is 23.5. The van der Waals surface area contributed by atoms with E-state index >= 15 is 0 Å². The second kappa shape index (κ2) is 13.0. The molecule has 4 atom stereocenters. The van der Waals surface area contributed by atoms with Crippen molar-refractivity contribution in [1.29, 1.82) is 0 Å². The summed E-state index contributed by atoms with van der Waals surface area (Å²) in [5, 5.41) is 0. The molecule has 1 fully saturated rings. The van der Waals surface area contributed by atoms with Crippen molar-refractivity contribution in [2.45, 2.75) is 102 Å². The van der Waals surface area contributed by atoms with Crippen LogP contribution in [0.5, 0.6) is 0 Å². The number of fused-ring (bicyclic) bond motifs is 1.